The van der Waals surface area contributed by atoms with E-state index in [9.17, 15) is 19.5 Å². The molecule has 0 bridgehead atoms. The van der Waals surface area contributed by atoms with E-state index in [1.54, 1.807) is 20.8 Å². The van der Waals surface area contributed by atoms with Gasteiger partial charge in [0.15, 0.2) is 0 Å². The van der Waals surface area contributed by atoms with Crippen LogP contribution in [0.3, 0.4) is 0 Å². The lowest BCUT2D eigenvalue weighted by atomic mass is 9.89. The molecule has 1 aromatic carbocycles. The molecule has 2 amide bonds. The third-order valence-corrected chi connectivity index (χ3v) is 5.42. The Bertz CT molecular complexity index is 775. The Balaban J connectivity index is 3.02. The maximum Gasteiger partial charge on any atom is 0.407 e. The molecule has 0 radical (unpaired) electrons. The zero-order valence-corrected chi connectivity index (χ0v) is 21.6. The van der Waals surface area contributed by atoms with E-state index in [0.29, 0.717) is 12.8 Å². The molecule has 3 N–H and O–H groups in total. The monoisotopic (exact) mass is 478 g/mol. The molecular formula is C26H42N2O6. The molecule has 0 saturated carbocycles. The molecule has 0 heterocycles. The standard InChI is InChI=1S/C26H42N2O6/c1-8-12-19(23(30)28-22(17(2)3)24(31)33-7)16-21(29)20(15-18-13-10-9-11-14-18)27-25(32)34-26(4,5)6/h9-11,13-14,17,19-22,29H,8,12,15-16H2,1-7H3,(H,27,32)(H,28,30)/t19-,20+,21+,22+/m1/s1. The molecule has 1 rings (SSSR count). The van der Waals surface area contributed by atoms with Crippen molar-refractivity contribution in [2.45, 2.75) is 91.0 Å². The van der Waals surface area contributed by atoms with E-state index >= 15 is 0 Å². The summed E-state index contributed by atoms with van der Waals surface area (Å²) in [5, 5.41) is 16.7. The number of ether oxygens (including phenoxy) is 2. The van der Waals surface area contributed by atoms with Crippen LogP contribution in [0.4, 0.5) is 4.79 Å². The maximum atomic E-state index is 13.1. The summed E-state index contributed by atoms with van der Waals surface area (Å²) in [5.41, 5.74) is 0.251. The molecule has 1 aromatic rings. The van der Waals surface area contributed by atoms with Crippen LogP contribution in [0.5, 0.6) is 0 Å². The van der Waals surface area contributed by atoms with Crippen LogP contribution in [-0.2, 0) is 25.5 Å². The van der Waals surface area contributed by atoms with Crippen LogP contribution >= 0.6 is 0 Å². The zero-order chi connectivity index (χ0) is 25.9. The van der Waals surface area contributed by atoms with Gasteiger partial charge in [-0.05, 0) is 51.5 Å². The molecule has 34 heavy (non-hydrogen) atoms. The lowest BCUT2D eigenvalue weighted by Crippen LogP contribution is -2.50. The van der Waals surface area contributed by atoms with Crippen molar-refractivity contribution in [3.8, 4) is 0 Å². The fourth-order valence-electron chi connectivity index (χ4n) is 3.67. The van der Waals surface area contributed by atoms with E-state index in [0.717, 1.165) is 12.0 Å². The highest BCUT2D eigenvalue weighted by Gasteiger charge is 2.32. The Kier molecular flexibility index (Phi) is 12.1. The van der Waals surface area contributed by atoms with E-state index < -0.39 is 41.8 Å². The van der Waals surface area contributed by atoms with Crippen molar-refractivity contribution < 1.29 is 29.0 Å². The molecule has 0 unspecified atom stereocenters. The number of amides is 2. The molecule has 4 atom stereocenters. The van der Waals surface area contributed by atoms with Crippen LogP contribution in [-0.4, -0.2) is 54.0 Å². The van der Waals surface area contributed by atoms with Crippen LogP contribution in [0.1, 0.15) is 66.4 Å². The van der Waals surface area contributed by atoms with Gasteiger partial charge in [0, 0.05) is 5.92 Å². The van der Waals surface area contributed by atoms with Gasteiger partial charge in [-0.1, -0.05) is 57.5 Å². The van der Waals surface area contributed by atoms with Crippen molar-refractivity contribution in [1.82, 2.24) is 10.6 Å². The maximum absolute atomic E-state index is 13.1. The predicted octanol–water partition coefficient (Wildman–Crippen LogP) is 3.60. The average Bonchev–Trinajstić information content (AvgIpc) is 2.75. The van der Waals surface area contributed by atoms with Crippen LogP contribution in [0.25, 0.3) is 0 Å². The molecular weight excluding hydrogens is 436 g/mol. The number of alkyl carbamates (subject to hydrolysis) is 1. The highest BCUT2D eigenvalue weighted by atomic mass is 16.6. The van der Waals surface area contributed by atoms with Crippen LogP contribution in [0, 0.1) is 11.8 Å². The zero-order valence-electron chi connectivity index (χ0n) is 21.6. The first-order valence-electron chi connectivity index (χ1n) is 12.0. The summed E-state index contributed by atoms with van der Waals surface area (Å²) in [6, 6.07) is 8.06. The van der Waals surface area contributed by atoms with Gasteiger partial charge in [-0.25, -0.2) is 9.59 Å². The molecule has 0 aliphatic rings. The summed E-state index contributed by atoms with van der Waals surface area (Å²) in [7, 11) is 1.29. The number of carbonyl (C=O) groups is 3. The fourth-order valence-corrected chi connectivity index (χ4v) is 3.67. The number of benzene rings is 1. The highest BCUT2D eigenvalue weighted by Crippen LogP contribution is 2.20. The Morgan fingerprint density at radius 2 is 1.68 bits per heavy atom. The van der Waals surface area contributed by atoms with Crippen molar-refractivity contribution >= 4 is 18.0 Å². The normalized spacial score (nSPS) is 15.1. The molecule has 0 aromatic heterocycles. The lowest BCUT2D eigenvalue weighted by molar-refractivity contribution is -0.147. The molecule has 8 heteroatoms. The first kappa shape index (κ1) is 29.4. The summed E-state index contributed by atoms with van der Waals surface area (Å²) < 4.78 is 10.2. The molecule has 8 nitrogen and oxygen atoms in total. The quantitative estimate of drug-likeness (QED) is 0.396. The summed E-state index contributed by atoms with van der Waals surface area (Å²) in [6.07, 6.45) is 0.106. The van der Waals surface area contributed by atoms with Gasteiger partial charge in [-0.2, -0.15) is 0 Å². The Labute approximate surface area is 203 Å². The van der Waals surface area contributed by atoms with Crippen molar-refractivity contribution in [3.63, 3.8) is 0 Å². The van der Waals surface area contributed by atoms with Gasteiger partial charge in [-0.3, -0.25) is 4.79 Å². The van der Waals surface area contributed by atoms with E-state index in [-0.39, 0.29) is 18.2 Å². The van der Waals surface area contributed by atoms with E-state index in [4.69, 9.17) is 9.47 Å². The van der Waals surface area contributed by atoms with E-state index in [2.05, 4.69) is 10.6 Å². The number of esters is 1. The summed E-state index contributed by atoms with van der Waals surface area (Å²) in [5.74, 6) is -1.51. The van der Waals surface area contributed by atoms with Crippen LogP contribution < -0.4 is 10.6 Å². The number of hydrogen-bond donors (Lipinski definition) is 3. The first-order chi connectivity index (χ1) is 15.9. The van der Waals surface area contributed by atoms with Crippen molar-refractivity contribution in [2.24, 2.45) is 11.8 Å². The largest absolute Gasteiger partial charge is 0.467 e. The fraction of sp³-hybridized carbons (Fsp3) is 0.654. The summed E-state index contributed by atoms with van der Waals surface area (Å²) in [6.45, 7) is 10.9. The third kappa shape index (κ3) is 10.5. The van der Waals surface area contributed by atoms with Gasteiger partial charge in [0.1, 0.15) is 11.6 Å². The number of aliphatic hydroxyl groups excluding tert-OH is 1. The topological polar surface area (TPSA) is 114 Å². The molecule has 0 aliphatic carbocycles. The van der Waals surface area contributed by atoms with E-state index in [1.807, 2.05) is 51.1 Å². The van der Waals surface area contributed by atoms with Crippen LogP contribution in [0.15, 0.2) is 30.3 Å². The van der Waals surface area contributed by atoms with Gasteiger partial charge in [-0.15, -0.1) is 0 Å². The second kappa shape index (κ2) is 13.9. The number of hydrogen-bond acceptors (Lipinski definition) is 6. The number of methoxy groups -OCH3 is 1. The Morgan fingerprint density at radius 1 is 1.06 bits per heavy atom. The first-order valence-corrected chi connectivity index (χ1v) is 12.0. The third-order valence-electron chi connectivity index (χ3n) is 5.42. The molecule has 0 aliphatic heterocycles. The van der Waals surface area contributed by atoms with Crippen molar-refractivity contribution in [1.29, 1.82) is 0 Å². The van der Waals surface area contributed by atoms with Crippen LogP contribution in [0.2, 0.25) is 0 Å². The number of aliphatic hydroxyl groups is 1. The average molecular weight is 479 g/mol. The predicted molar refractivity (Wildman–Crippen MR) is 131 cm³/mol. The smallest absolute Gasteiger partial charge is 0.407 e. The Morgan fingerprint density at radius 3 is 2.18 bits per heavy atom. The lowest BCUT2D eigenvalue weighted by Gasteiger charge is -2.29. The van der Waals surface area contributed by atoms with Gasteiger partial charge >= 0.3 is 12.1 Å². The van der Waals surface area contributed by atoms with Gasteiger partial charge in [0.25, 0.3) is 0 Å². The minimum Gasteiger partial charge on any atom is -0.467 e. The van der Waals surface area contributed by atoms with Gasteiger partial charge < -0.3 is 25.2 Å². The number of nitrogens with one attached hydrogen (secondary N) is 2. The molecule has 192 valence electrons. The molecule has 0 fully saturated rings. The highest BCUT2D eigenvalue weighted by molar-refractivity contribution is 5.85. The van der Waals surface area contributed by atoms with Gasteiger partial charge in [0.2, 0.25) is 5.91 Å². The van der Waals surface area contributed by atoms with E-state index in [1.165, 1.54) is 7.11 Å². The second-order valence-corrected chi connectivity index (χ2v) is 9.98. The minimum absolute atomic E-state index is 0.124. The molecule has 0 spiro atoms. The minimum atomic E-state index is -1.01. The summed E-state index contributed by atoms with van der Waals surface area (Å²) >= 11 is 0. The number of rotatable bonds is 12. The van der Waals surface area contributed by atoms with Crippen molar-refractivity contribution in [3.05, 3.63) is 35.9 Å². The Hall–Kier alpha value is -2.61. The van der Waals surface area contributed by atoms with Gasteiger partial charge in [0.05, 0.1) is 19.3 Å². The molecule has 0 saturated heterocycles. The van der Waals surface area contributed by atoms with Crippen molar-refractivity contribution in [2.75, 3.05) is 7.11 Å². The summed E-state index contributed by atoms with van der Waals surface area (Å²) in [4.78, 5) is 37.6. The SMILES string of the molecule is CCC[C@H](C[C@H](O)[C@H](Cc1ccccc1)NC(=O)OC(C)(C)C)C(=O)N[C@H](C(=O)OC)C(C)C. The second-order valence-electron chi connectivity index (χ2n) is 9.98. The number of carbonyl (C=O) groups excluding carboxylic acids is 3.